The summed E-state index contributed by atoms with van der Waals surface area (Å²) in [5, 5.41) is 20.8. The van der Waals surface area contributed by atoms with Gasteiger partial charge in [0.25, 0.3) is 0 Å². The first-order valence-electron chi connectivity index (χ1n) is 27.0. The van der Waals surface area contributed by atoms with E-state index in [-0.39, 0.29) is 0 Å². The average molecular weight is 1030 g/mol. The standard InChI is InChI=1S/C73H41N7O/c1-75-49-24-28-51(29-25-49)78-64-15-7-3-11-54(64)58-36-45(21-31-68(58)78)47-22-32-69-59(38-47)55-12-4-8-16-65(55)79(69)52-40-61-62-43-76-35-34-72(62)81-73(61)71(41-52)80-66-17-9-5-13-56(66)60-39-48(23-33-70(60)80)46-20-30-67-57(37-46)53-10-2-6-14-63(53)77(67)50-26-18-44(42-74)19-27-50/h2-41,43H. The maximum Gasteiger partial charge on any atom is 0.187 e. The first-order valence-corrected chi connectivity index (χ1v) is 27.0. The van der Waals surface area contributed by atoms with Crippen molar-refractivity contribution in [1.29, 1.82) is 5.26 Å². The van der Waals surface area contributed by atoms with Crippen molar-refractivity contribution in [2.75, 3.05) is 0 Å². The summed E-state index contributed by atoms with van der Waals surface area (Å²) in [6, 6.07) is 86.3. The third kappa shape index (κ3) is 6.53. The smallest absolute Gasteiger partial charge is 0.187 e. The topological polar surface area (TPSA) is 73.9 Å². The van der Waals surface area contributed by atoms with Gasteiger partial charge in [0.1, 0.15) is 5.58 Å². The van der Waals surface area contributed by atoms with Gasteiger partial charge in [0, 0.05) is 83.3 Å². The van der Waals surface area contributed by atoms with E-state index in [1.807, 2.05) is 60.8 Å². The van der Waals surface area contributed by atoms with Crippen molar-refractivity contribution in [2.45, 2.75) is 0 Å². The first kappa shape index (κ1) is 44.7. The first-order chi connectivity index (χ1) is 40.1. The third-order valence-electron chi connectivity index (χ3n) is 16.7. The summed E-state index contributed by atoms with van der Waals surface area (Å²) < 4.78 is 16.3. The third-order valence-corrected chi connectivity index (χ3v) is 16.7. The van der Waals surface area contributed by atoms with E-state index < -0.39 is 0 Å². The normalized spacial score (nSPS) is 11.9. The Morgan fingerprint density at radius 3 is 1.23 bits per heavy atom. The Kier molecular flexibility index (Phi) is 9.39. The lowest BCUT2D eigenvalue weighted by molar-refractivity contribution is 0.666. The molecule has 0 fully saturated rings. The van der Waals surface area contributed by atoms with Gasteiger partial charge in [0.15, 0.2) is 11.3 Å². The number of nitrogens with zero attached hydrogens (tertiary/aromatic N) is 7. The molecule has 6 heterocycles. The van der Waals surface area contributed by atoms with Crippen LogP contribution in [0.5, 0.6) is 0 Å². The zero-order valence-corrected chi connectivity index (χ0v) is 43.2. The Morgan fingerprint density at radius 1 is 0.370 bits per heavy atom. The fourth-order valence-corrected chi connectivity index (χ4v) is 13.0. The minimum atomic E-state index is 0.625. The summed E-state index contributed by atoms with van der Waals surface area (Å²) in [5.74, 6) is 0. The summed E-state index contributed by atoms with van der Waals surface area (Å²) in [6.07, 6.45) is 3.72. The number of para-hydroxylation sites is 4. The molecule has 0 aliphatic rings. The number of rotatable bonds is 6. The number of hydrogen-bond acceptors (Lipinski definition) is 3. The lowest BCUT2D eigenvalue weighted by Crippen LogP contribution is -1.99. The second-order valence-corrected chi connectivity index (χ2v) is 20.9. The highest BCUT2D eigenvalue weighted by atomic mass is 16.3. The maximum absolute atomic E-state index is 9.54. The molecule has 17 rings (SSSR count). The van der Waals surface area contributed by atoms with E-state index in [2.05, 4.69) is 216 Å². The molecule has 8 nitrogen and oxygen atoms in total. The molecule has 0 aliphatic carbocycles. The SMILES string of the molecule is [C-]#[N+]c1ccc(-n2c3ccccc3c3cc(-c4ccc5c(c4)c4ccccc4n5-c4cc(-n5c6ccccc6c6cc(-c7ccc8c(c7)c7ccccc7n8-c7ccc(C#N)cc7)ccc65)c5oc6ccncc6c5c4)ccc32)cc1. The number of pyridine rings is 1. The molecular weight excluding hydrogens is 991 g/mol. The monoisotopic (exact) mass is 1030 g/mol. The van der Waals surface area contributed by atoms with Gasteiger partial charge in [-0.05, 0) is 150 Å². The van der Waals surface area contributed by atoms with Gasteiger partial charge in [-0.1, -0.05) is 109 Å². The highest BCUT2D eigenvalue weighted by molar-refractivity contribution is 6.17. The van der Waals surface area contributed by atoms with E-state index in [4.69, 9.17) is 11.0 Å². The summed E-state index contributed by atoms with van der Waals surface area (Å²) in [7, 11) is 0. The summed E-state index contributed by atoms with van der Waals surface area (Å²) >= 11 is 0. The van der Waals surface area contributed by atoms with Crippen molar-refractivity contribution in [3.8, 4) is 51.1 Å². The molecule has 8 heteroatoms. The van der Waals surface area contributed by atoms with Gasteiger partial charge < -0.3 is 22.7 Å². The van der Waals surface area contributed by atoms with Crippen LogP contribution < -0.4 is 0 Å². The molecule has 0 atom stereocenters. The van der Waals surface area contributed by atoms with Crippen LogP contribution in [-0.2, 0) is 0 Å². The molecule has 81 heavy (non-hydrogen) atoms. The zero-order chi connectivity index (χ0) is 53.4. The lowest BCUT2D eigenvalue weighted by Gasteiger charge is -2.14. The second kappa shape index (κ2) is 17.0. The van der Waals surface area contributed by atoms with Gasteiger partial charge in [0.2, 0.25) is 0 Å². The summed E-state index contributed by atoms with van der Waals surface area (Å²) in [5.41, 5.74) is 20.1. The van der Waals surface area contributed by atoms with Crippen LogP contribution >= 0.6 is 0 Å². The van der Waals surface area contributed by atoms with Crippen molar-refractivity contribution in [3.63, 3.8) is 0 Å². The Labute approximate surface area is 462 Å². The van der Waals surface area contributed by atoms with Crippen LogP contribution in [0.3, 0.4) is 0 Å². The number of fused-ring (bicyclic) bond motifs is 15. The van der Waals surface area contributed by atoms with Gasteiger partial charge in [0.05, 0.1) is 68.0 Å². The molecule has 0 spiro atoms. The number of benzene rings is 11. The van der Waals surface area contributed by atoms with Crippen LogP contribution in [0.15, 0.2) is 253 Å². The molecule has 0 saturated heterocycles. The van der Waals surface area contributed by atoms with Crippen LogP contribution in [0, 0.1) is 17.9 Å². The number of aromatic nitrogens is 5. The maximum atomic E-state index is 9.54. The molecule has 0 saturated carbocycles. The predicted molar refractivity (Wildman–Crippen MR) is 331 cm³/mol. The highest BCUT2D eigenvalue weighted by Gasteiger charge is 2.23. The highest BCUT2D eigenvalue weighted by Crippen LogP contribution is 2.44. The second-order valence-electron chi connectivity index (χ2n) is 20.9. The van der Waals surface area contributed by atoms with Crippen molar-refractivity contribution >= 4 is 115 Å². The Balaban J connectivity index is 0.833. The molecule has 17 aromatic rings. The van der Waals surface area contributed by atoms with Gasteiger partial charge in [-0.3, -0.25) is 4.98 Å². The minimum absolute atomic E-state index is 0.625. The molecule has 0 unspecified atom stereocenters. The van der Waals surface area contributed by atoms with Crippen molar-refractivity contribution in [2.24, 2.45) is 0 Å². The molecule has 0 amide bonds. The van der Waals surface area contributed by atoms with E-state index in [9.17, 15) is 5.26 Å². The van der Waals surface area contributed by atoms with Gasteiger partial charge in [-0.25, -0.2) is 4.85 Å². The van der Waals surface area contributed by atoms with Crippen LogP contribution in [-0.4, -0.2) is 23.3 Å². The van der Waals surface area contributed by atoms with Crippen LogP contribution in [0.1, 0.15) is 5.56 Å². The lowest BCUT2D eigenvalue weighted by atomic mass is 10.0. The van der Waals surface area contributed by atoms with Crippen LogP contribution in [0.25, 0.3) is 159 Å². The van der Waals surface area contributed by atoms with Crippen molar-refractivity contribution < 1.29 is 4.42 Å². The van der Waals surface area contributed by atoms with Crippen LogP contribution in [0.4, 0.5) is 5.69 Å². The van der Waals surface area contributed by atoms with E-state index in [0.29, 0.717) is 11.3 Å². The molecule has 11 aromatic carbocycles. The van der Waals surface area contributed by atoms with Crippen molar-refractivity contribution in [1.82, 2.24) is 23.3 Å². The van der Waals surface area contributed by atoms with Crippen LogP contribution in [0.2, 0.25) is 0 Å². The predicted octanol–water partition coefficient (Wildman–Crippen LogP) is 19.1. The van der Waals surface area contributed by atoms with Gasteiger partial charge >= 0.3 is 0 Å². The fraction of sp³-hybridized carbons (Fsp3) is 0. The summed E-state index contributed by atoms with van der Waals surface area (Å²) in [6.45, 7) is 7.51. The quantitative estimate of drug-likeness (QED) is 0.156. The molecule has 0 radical (unpaired) electrons. The largest absolute Gasteiger partial charge is 0.454 e. The molecular formula is C73H41N7O. The number of nitriles is 1. The fourth-order valence-electron chi connectivity index (χ4n) is 13.0. The molecule has 6 aromatic heterocycles. The Bertz CT molecular complexity index is 5620. The van der Waals surface area contributed by atoms with E-state index >= 15 is 0 Å². The minimum Gasteiger partial charge on any atom is -0.454 e. The molecule has 374 valence electrons. The van der Waals surface area contributed by atoms with Gasteiger partial charge in [-0.2, -0.15) is 5.26 Å². The summed E-state index contributed by atoms with van der Waals surface area (Å²) in [4.78, 5) is 8.25. The Hall–Kier alpha value is -11.5. The van der Waals surface area contributed by atoms with E-state index in [0.717, 1.165) is 133 Å². The molecule has 0 bridgehead atoms. The van der Waals surface area contributed by atoms with E-state index in [1.165, 1.54) is 21.5 Å². The molecule has 0 aliphatic heterocycles. The Morgan fingerprint density at radius 2 is 0.778 bits per heavy atom. The van der Waals surface area contributed by atoms with E-state index in [1.54, 1.807) is 6.20 Å². The van der Waals surface area contributed by atoms with Gasteiger partial charge in [-0.15, -0.1) is 0 Å². The molecule has 0 N–H and O–H groups in total. The van der Waals surface area contributed by atoms with Crippen molar-refractivity contribution in [3.05, 3.63) is 266 Å². The average Bonchev–Trinajstić information content (AvgIpc) is 4.51. The zero-order valence-electron chi connectivity index (χ0n) is 43.2. The number of furan rings is 1. The number of hydrogen-bond donors (Lipinski definition) is 0.